The van der Waals surface area contributed by atoms with Crippen LogP contribution in [-0.2, 0) is 11.3 Å². The molecule has 0 spiro atoms. The maximum atomic E-state index is 13.6. The Balaban J connectivity index is 1.53. The summed E-state index contributed by atoms with van der Waals surface area (Å²) in [5.74, 6) is -0.739. The Kier molecular flexibility index (Phi) is 5.08. The van der Waals surface area contributed by atoms with E-state index in [2.05, 4.69) is 10.3 Å². The molecule has 0 saturated heterocycles. The Bertz CT molecular complexity index is 1060. The first-order valence-corrected chi connectivity index (χ1v) is 9.41. The summed E-state index contributed by atoms with van der Waals surface area (Å²) in [6, 6.07) is 7.44. The van der Waals surface area contributed by atoms with Crippen molar-refractivity contribution >= 4 is 16.9 Å². The van der Waals surface area contributed by atoms with Gasteiger partial charge in [0.2, 0.25) is 5.91 Å². The summed E-state index contributed by atoms with van der Waals surface area (Å²) in [7, 11) is 0. The minimum absolute atomic E-state index is 0.0602. The third kappa shape index (κ3) is 3.87. The minimum Gasteiger partial charge on any atom is -0.486 e. The second-order valence-corrected chi connectivity index (χ2v) is 7.32. The molecule has 152 valence electrons. The molecule has 8 heteroatoms. The van der Waals surface area contributed by atoms with Gasteiger partial charge < -0.3 is 19.4 Å². The quantitative estimate of drug-likeness (QED) is 0.710. The van der Waals surface area contributed by atoms with Gasteiger partial charge >= 0.3 is 0 Å². The summed E-state index contributed by atoms with van der Waals surface area (Å²) < 4.78 is 39.6. The molecular weight excluding hydrogens is 380 g/mol. The van der Waals surface area contributed by atoms with Crippen LogP contribution in [0.15, 0.2) is 36.7 Å². The largest absolute Gasteiger partial charge is 0.486 e. The van der Waals surface area contributed by atoms with E-state index in [0.29, 0.717) is 35.7 Å². The van der Waals surface area contributed by atoms with Crippen LogP contribution in [0.25, 0.3) is 11.0 Å². The lowest BCUT2D eigenvalue weighted by atomic mass is 9.95. The Labute approximate surface area is 166 Å². The average molecular weight is 401 g/mol. The number of nitrogens with zero attached hydrogens (tertiary/aromatic N) is 2. The van der Waals surface area contributed by atoms with Crippen LogP contribution in [-0.4, -0.2) is 28.7 Å². The zero-order valence-electron chi connectivity index (χ0n) is 16.1. The van der Waals surface area contributed by atoms with Crippen LogP contribution in [0.1, 0.15) is 25.5 Å². The molecule has 0 aliphatic carbocycles. The molecule has 2 aromatic carbocycles. The molecule has 2 heterocycles. The highest BCUT2D eigenvalue weighted by Gasteiger charge is 2.22. The Morgan fingerprint density at radius 1 is 1.14 bits per heavy atom. The van der Waals surface area contributed by atoms with Gasteiger partial charge in [0, 0.05) is 12.1 Å². The van der Waals surface area contributed by atoms with Gasteiger partial charge in [0.15, 0.2) is 23.1 Å². The zero-order valence-corrected chi connectivity index (χ0v) is 16.1. The van der Waals surface area contributed by atoms with Crippen LogP contribution >= 0.6 is 0 Å². The summed E-state index contributed by atoms with van der Waals surface area (Å²) in [6.07, 6.45) is 1.40. The molecule has 0 bridgehead atoms. The molecule has 1 amide bonds. The number of hydrogen-bond donors (Lipinski definition) is 1. The predicted molar refractivity (Wildman–Crippen MR) is 103 cm³/mol. The monoisotopic (exact) mass is 401 g/mol. The number of carbonyl (C=O) groups excluding carboxylic acids is 1. The van der Waals surface area contributed by atoms with Crippen molar-refractivity contribution in [2.24, 2.45) is 5.92 Å². The van der Waals surface area contributed by atoms with E-state index in [4.69, 9.17) is 9.47 Å². The second kappa shape index (κ2) is 7.69. The van der Waals surface area contributed by atoms with E-state index in [-0.39, 0.29) is 24.4 Å². The minimum atomic E-state index is -0.976. The SMILES string of the molecule is CC(C)[C@H](NC(=O)Cn1cnc2cc(F)c(F)cc21)c1ccc2c(c1)OCCO2. The van der Waals surface area contributed by atoms with Crippen molar-refractivity contribution in [3.63, 3.8) is 0 Å². The average Bonchev–Trinajstić information content (AvgIpc) is 3.07. The lowest BCUT2D eigenvalue weighted by molar-refractivity contribution is -0.122. The summed E-state index contributed by atoms with van der Waals surface area (Å²) in [4.78, 5) is 16.7. The number of hydrogen-bond acceptors (Lipinski definition) is 4. The topological polar surface area (TPSA) is 65.4 Å². The summed E-state index contributed by atoms with van der Waals surface area (Å²) in [6.45, 7) is 4.95. The lowest BCUT2D eigenvalue weighted by Crippen LogP contribution is -2.34. The van der Waals surface area contributed by atoms with E-state index >= 15 is 0 Å². The molecule has 3 aromatic rings. The molecule has 4 rings (SSSR count). The fourth-order valence-corrected chi connectivity index (χ4v) is 3.44. The van der Waals surface area contributed by atoms with Crippen LogP contribution in [0.2, 0.25) is 0 Å². The second-order valence-electron chi connectivity index (χ2n) is 7.32. The van der Waals surface area contributed by atoms with Crippen LogP contribution in [0, 0.1) is 17.6 Å². The van der Waals surface area contributed by atoms with Gasteiger partial charge in [-0.25, -0.2) is 13.8 Å². The van der Waals surface area contributed by atoms with Gasteiger partial charge in [-0.3, -0.25) is 4.79 Å². The molecule has 0 fully saturated rings. The molecule has 1 aliphatic rings. The van der Waals surface area contributed by atoms with Crippen molar-refractivity contribution in [2.45, 2.75) is 26.4 Å². The number of ether oxygens (including phenoxy) is 2. The number of nitrogens with one attached hydrogen (secondary N) is 1. The van der Waals surface area contributed by atoms with Crippen LogP contribution in [0.5, 0.6) is 11.5 Å². The van der Waals surface area contributed by atoms with E-state index in [0.717, 1.165) is 17.7 Å². The normalized spacial score (nSPS) is 14.2. The lowest BCUT2D eigenvalue weighted by Gasteiger charge is -2.25. The Morgan fingerprint density at radius 3 is 2.62 bits per heavy atom. The fourth-order valence-electron chi connectivity index (χ4n) is 3.44. The molecule has 1 aliphatic heterocycles. The van der Waals surface area contributed by atoms with E-state index in [1.807, 2.05) is 32.0 Å². The van der Waals surface area contributed by atoms with Gasteiger partial charge in [-0.15, -0.1) is 0 Å². The number of imidazole rings is 1. The number of rotatable bonds is 5. The van der Waals surface area contributed by atoms with E-state index < -0.39 is 11.6 Å². The number of aromatic nitrogens is 2. The number of benzene rings is 2. The first-order valence-electron chi connectivity index (χ1n) is 9.41. The van der Waals surface area contributed by atoms with Gasteiger partial charge in [-0.05, 0) is 23.6 Å². The highest BCUT2D eigenvalue weighted by molar-refractivity contribution is 5.81. The van der Waals surface area contributed by atoms with E-state index in [1.54, 1.807) is 0 Å². The van der Waals surface area contributed by atoms with Crippen molar-refractivity contribution in [3.8, 4) is 11.5 Å². The highest BCUT2D eigenvalue weighted by atomic mass is 19.2. The molecule has 0 radical (unpaired) electrons. The standard InChI is InChI=1S/C21H21F2N3O3/c1-12(2)21(13-3-4-18-19(7-13)29-6-5-28-18)25-20(27)10-26-11-24-16-8-14(22)15(23)9-17(16)26/h3-4,7-9,11-12,21H,5-6,10H2,1-2H3,(H,25,27)/t21-/m0/s1. The van der Waals surface area contributed by atoms with Gasteiger partial charge in [0.25, 0.3) is 0 Å². The first kappa shape index (κ1) is 19.2. The highest BCUT2D eigenvalue weighted by Crippen LogP contribution is 2.34. The third-order valence-corrected chi connectivity index (χ3v) is 4.89. The smallest absolute Gasteiger partial charge is 0.240 e. The molecule has 0 unspecified atom stereocenters. The van der Waals surface area contributed by atoms with Crippen LogP contribution in [0.4, 0.5) is 8.78 Å². The van der Waals surface area contributed by atoms with Gasteiger partial charge in [-0.1, -0.05) is 19.9 Å². The van der Waals surface area contributed by atoms with E-state index in [1.165, 1.54) is 10.9 Å². The van der Waals surface area contributed by atoms with Crippen LogP contribution < -0.4 is 14.8 Å². The maximum absolute atomic E-state index is 13.6. The summed E-state index contributed by atoms with van der Waals surface area (Å²) in [5, 5.41) is 3.02. The molecular formula is C21H21F2N3O3. The summed E-state index contributed by atoms with van der Waals surface area (Å²) in [5.41, 5.74) is 1.56. The molecule has 0 saturated carbocycles. The fraction of sp³-hybridized carbons (Fsp3) is 0.333. The number of amides is 1. The third-order valence-electron chi connectivity index (χ3n) is 4.89. The predicted octanol–water partition coefficient (Wildman–Crippen LogP) is 3.60. The van der Waals surface area contributed by atoms with Crippen molar-refractivity contribution in [2.75, 3.05) is 13.2 Å². The molecule has 1 atom stereocenters. The van der Waals surface area contributed by atoms with Gasteiger partial charge in [0.05, 0.1) is 23.4 Å². The number of carbonyl (C=O) groups is 1. The van der Waals surface area contributed by atoms with Crippen LogP contribution in [0.3, 0.4) is 0 Å². The van der Waals surface area contributed by atoms with Gasteiger partial charge in [-0.2, -0.15) is 0 Å². The Morgan fingerprint density at radius 2 is 1.86 bits per heavy atom. The number of halogens is 2. The zero-order chi connectivity index (χ0) is 20.5. The maximum Gasteiger partial charge on any atom is 0.240 e. The molecule has 29 heavy (non-hydrogen) atoms. The molecule has 1 aromatic heterocycles. The summed E-state index contributed by atoms with van der Waals surface area (Å²) >= 11 is 0. The van der Waals surface area contributed by atoms with Crippen molar-refractivity contribution in [1.29, 1.82) is 0 Å². The number of fused-ring (bicyclic) bond motifs is 2. The Hall–Kier alpha value is -3.16. The van der Waals surface area contributed by atoms with Crippen molar-refractivity contribution < 1.29 is 23.0 Å². The van der Waals surface area contributed by atoms with Crippen molar-refractivity contribution in [1.82, 2.24) is 14.9 Å². The van der Waals surface area contributed by atoms with Gasteiger partial charge in [0.1, 0.15) is 19.8 Å². The molecule has 6 nitrogen and oxygen atoms in total. The first-order chi connectivity index (χ1) is 13.9. The van der Waals surface area contributed by atoms with Crippen molar-refractivity contribution in [3.05, 3.63) is 53.9 Å². The van der Waals surface area contributed by atoms with E-state index in [9.17, 15) is 13.6 Å². The molecule has 1 N–H and O–H groups in total.